The summed E-state index contributed by atoms with van der Waals surface area (Å²) in [5.41, 5.74) is -0.284. The van der Waals surface area contributed by atoms with Gasteiger partial charge in [-0.1, -0.05) is 0 Å². The summed E-state index contributed by atoms with van der Waals surface area (Å²) >= 11 is 0. The van der Waals surface area contributed by atoms with Crippen LogP contribution in [0.15, 0.2) is 12.1 Å². The molecule has 8 heteroatoms. The van der Waals surface area contributed by atoms with Gasteiger partial charge in [0.05, 0.1) is 12.8 Å². The third kappa shape index (κ3) is 3.51. The van der Waals surface area contributed by atoms with Gasteiger partial charge in [0.15, 0.2) is 17.4 Å². The normalized spacial score (nSPS) is 10.2. The lowest BCUT2D eigenvalue weighted by Gasteiger charge is -2.09. The number of nitrogens with one attached hydrogen (secondary N) is 1. The highest BCUT2D eigenvalue weighted by Crippen LogP contribution is 2.27. The Kier molecular flexibility index (Phi) is 4.13. The van der Waals surface area contributed by atoms with Crippen LogP contribution in [0.2, 0.25) is 0 Å². The molecule has 0 unspecified atom stereocenters. The number of methoxy groups -OCH3 is 1. The molecule has 0 spiro atoms. The number of ether oxygens (including phenoxy) is 2. The molecule has 0 bridgehead atoms. The van der Waals surface area contributed by atoms with Crippen LogP contribution in [0.5, 0.6) is 5.75 Å². The van der Waals surface area contributed by atoms with Crippen LogP contribution in [0.4, 0.5) is 28.0 Å². The van der Waals surface area contributed by atoms with E-state index in [9.17, 15) is 22.4 Å². The molecular weight excluding hydrogens is 246 g/mol. The van der Waals surface area contributed by atoms with Crippen molar-refractivity contribution < 1.29 is 31.8 Å². The van der Waals surface area contributed by atoms with Crippen LogP contribution in [-0.4, -0.2) is 19.8 Å². The van der Waals surface area contributed by atoms with Gasteiger partial charge in [-0.15, -0.1) is 0 Å². The van der Waals surface area contributed by atoms with Crippen LogP contribution in [-0.2, 0) is 4.74 Å². The average Bonchev–Trinajstić information content (AvgIpc) is 2.23. The van der Waals surface area contributed by atoms with E-state index >= 15 is 0 Å². The highest BCUT2D eigenvalue weighted by Gasteiger charge is 2.17. The Hall–Kier alpha value is -1.99. The van der Waals surface area contributed by atoms with Gasteiger partial charge in [0.2, 0.25) is 0 Å². The molecule has 1 rings (SSSR count). The molecule has 0 heterocycles. The van der Waals surface area contributed by atoms with Gasteiger partial charge < -0.3 is 9.47 Å². The van der Waals surface area contributed by atoms with E-state index in [-0.39, 0.29) is 5.69 Å². The number of rotatable bonds is 3. The number of halogens is 4. The number of carbonyl (C=O) groups is 1. The number of hydrogen-bond acceptors (Lipinski definition) is 3. The lowest BCUT2D eigenvalue weighted by Crippen LogP contribution is -2.12. The fourth-order valence-electron chi connectivity index (χ4n) is 1.00. The Morgan fingerprint density at radius 2 is 1.82 bits per heavy atom. The monoisotopic (exact) mass is 253 g/mol. The molecule has 0 radical (unpaired) electrons. The second-order valence-electron chi connectivity index (χ2n) is 2.76. The maximum atomic E-state index is 13.1. The largest absolute Gasteiger partial charge is 0.453 e. The van der Waals surface area contributed by atoms with Crippen molar-refractivity contribution in [3.63, 3.8) is 0 Å². The first-order valence-corrected chi connectivity index (χ1v) is 4.23. The van der Waals surface area contributed by atoms with Crippen LogP contribution < -0.4 is 10.1 Å². The van der Waals surface area contributed by atoms with Gasteiger partial charge in [-0.25, -0.2) is 13.6 Å². The van der Waals surface area contributed by atoms with Gasteiger partial charge in [-0.3, -0.25) is 5.32 Å². The predicted octanol–water partition coefficient (Wildman–Crippen LogP) is 2.74. The first-order chi connectivity index (χ1) is 7.93. The van der Waals surface area contributed by atoms with Gasteiger partial charge in [-0.05, 0) is 0 Å². The average molecular weight is 253 g/mol. The lowest BCUT2D eigenvalue weighted by atomic mass is 10.2. The number of carbonyl (C=O) groups excluding carboxylic acids is 1. The lowest BCUT2D eigenvalue weighted by molar-refractivity contribution is -0.0546. The van der Waals surface area contributed by atoms with Gasteiger partial charge >= 0.3 is 12.7 Å². The summed E-state index contributed by atoms with van der Waals surface area (Å²) in [6.45, 7) is -3.35. The number of alkyl halides is 2. The fourth-order valence-corrected chi connectivity index (χ4v) is 1.00. The molecule has 1 aromatic rings. The summed E-state index contributed by atoms with van der Waals surface area (Å²) in [6, 6.07) is 1.25. The zero-order valence-corrected chi connectivity index (χ0v) is 8.47. The van der Waals surface area contributed by atoms with Crippen molar-refractivity contribution in [2.75, 3.05) is 12.4 Å². The molecule has 0 aromatic heterocycles. The van der Waals surface area contributed by atoms with Crippen LogP contribution in [0.1, 0.15) is 0 Å². The second-order valence-corrected chi connectivity index (χ2v) is 2.76. The molecule has 0 atom stereocenters. The Labute approximate surface area is 93.1 Å². The van der Waals surface area contributed by atoms with Crippen LogP contribution >= 0.6 is 0 Å². The topological polar surface area (TPSA) is 47.6 Å². The van der Waals surface area contributed by atoms with Gasteiger partial charge in [0.25, 0.3) is 0 Å². The third-order valence-electron chi connectivity index (χ3n) is 1.64. The number of anilines is 1. The summed E-state index contributed by atoms with van der Waals surface area (Å²) < 4.78 is 57.7. The maximum absolute atomic E-state index is 13.1. The Morgan fingerprint density at radius 1 is 1.29 bits per heavy atom. The third-order valence-corrected chi connectivity index (χ3v) is 1.64. The minimum absolute atomic E-state index is 0.284. The van der Waals surface area contributed by atoms with Crippen LogP contribution in [0.3, 0.4) is 0 Å². The standard InChI is InChI=1S/C9H7F4NO3/c1-16-9(15)14-4-2-5(10)7(6(11)3-4)17-8(12)13/h2-3,8H,1H3,(H,14,15). The van der Waals surface area contributed by atoms with Crippen molar-refractivity contribution >= 4 is 11.8 Å². The van der Waals surface area contributed by atoms with Crippen LogP contribution in [0, 0.1) is 11.6 Å². The van der Waals surface area contributed by atoms with E-state index in [0.717, 1.165) is 7.11 Å². The molecule has 0 fully saturated rings. The minimum Gasteiger partial charge on any atom is -0.453 e. The van der Waals surface area contributed by atoms with E-state index in [1.54, 1.807) is 0 Å². The Balaban J connectivity index is 2.96. The summed E-state index contributed by atoms with van der Waals surface area (Å²) in [6.07, 6.45) is -0.952. The molecule has 4 nitrogen and oxygen atoms in total. The first-order valence-electron chi connectivity index (χ1n) is 4.23. The Morgan fingerprint density at radius 3 is 2.24 bits per heavy atom. The number of amides is 1. The predicted molar refractivity (Wildman–Crippen MR) is 49.0 cm³/mol. The molecule has 0 saturated carbocycles. The van der Waals surface area contributed by atoms with Crippen molar-refractivity contribution in [3.05, 3.63) is 23.8 Å². The fraction of sp³-hybridized carbons (Fsp3) is 0.222. The molecule has 0 aliphatic carbocycles. The quantitative estimate of drug-likeness (QED) is 0.842. The molecule has 1 aromatic carbocycles. The smallest absolute Gasteiger partial charge is 0.411 e. The van der Waals surface area contributed by atoms with Crippen molar-refractivity contribution in [1.82, 2.24) is 0 Å². The highest BCUT2D eigenvalue weighted by molar-refractivity contribution is 5.84. The van der Waals surface area contributed by atoms with Crippen molar-refractivity contribution in [2.24, 2.45) is 0 Å². The van der Waals surface area contributed by atoms with E-state index < -0.39 is 30.1 Å². The van der Waals surface area contributed by atoms with Gasteiger partial charge in [0, 0.05) is 12.1 Å². The Bertz CT molecular complexity index is 402. The molecule has 0 aliphatic rings. The zero-order valence-electron chi connectivity index (χ0n) is 8.47. The van der Waals surface area contributed by atoms with E-state index in [4.69, 9.17) is 0 Å². The molecule has 17 heavy (non-hydrogen) atoms. The maximum Gasteiger partial charge on any atom is 0.411 e. The van der Waals surface area contributed by atoms with Crippen LogP contribution in [0.25, 0.3) is 0 Å². The number of hydrogen-bond donors (Lipinski definition) is 1. The van der Waals surface area contributed by atoms with E-state index in [1.165, 1.54) is 0 Å². The zero-order chi connectivity index (χ0) is 13.0. The SMILES string of the molecule is COC(=O)Nc1cc(F)c(OC(F)F)c(F)c1. The minimum atomic E-state index is -3.35. The molecule has 0 saturated heterocycles. The summed E-state index contributed by atoms with van der Waals surface area (Å²) in [5.74, 6) is -3.94. The summed E-state index contributed by atoms with van der Waals surface area (Å²) in [4.78, 5) is 10.7. The molecular formula is C9H7F4NO3. The first kappa shape index (κ1) is 13.1. The van der Waals surface area contributed by atoms with Crippen molar-refractivity contribution in [3.8, 4) is 5.75 Å². The van der Waals surface area contributed by atoms with E-state index in [1.807, 2.05) is 5.32 Å². The molecule has 1 amide bonds. The van der Waals surface area contributed by atoms with Gasteiger partial charge in [0.1, 0.15) is 0 Å². The van der Waals surface area contributed by atoms with Crippen molar-refractivity contribution in [2.45, 2.75) is 6.61 Å². The number of benzene rings is 1. The molecule has 94 valence electrons. The highest BCUT2D eigenvalue weighted by atomic mass is 19.3. The van der Waals surface area contributed by atoms with E-state index in [2.05, 4.69) is 9.47 Å². The van der Waals surface area contributed by atoms with Crippen molar-refractivity contribution in [1.29, 1.82) is 0 Å². The second kappa shape index (κ2) is 5.37. The summed E-state index contributed by atoms with van der Waals surface area (Å²) in [7, 11) is 1.05. The van der Waals surface area contributed by atoms with E-state index in [0.29, 0.717) is 12.1 Å². The molecule has 0 aliphatic heterocycles. The molecule has 1 N–H and O–H groups in total. The summed E-state index contributed by atoms with van der Waals surface area (Å²) in [5, 5.41) is 1.97. The van der Waals surface area contributed by atoms with Gasteiger partial charge in [-0.2, -0.15) is 8.78 Å².